The van der Waals surface area contributed by atoms with Gasteiger partial charge in [0.1, 0.15) is 0 Å². The molecule has 5 heteroatoms. The SMILES string of the molecule is CN(Cc1noc(C2CC2)n1)[C@H]1CCN(CC2CCCC2)C1. The lowest BCUT2D eigenvalue weighted by atomic mass is 10.1. The summed E-state index contributed by atoms with van der Waals surface area (Å²) in [5.41, 5.74) is 0. The average Bonchev–Trinajstić information content (AvgIpc) is 2.96. The minimum Gasteiger partial charge on any atom is -0.339 e. The Hall–Kier alpha value is -0.940. The molecule has 1 aromatic rings. The molecule has 0 bridgehead atoms. The Labute approximate surface area is 133 Å². The van der Waals surface area contributed by atoms with E-state index in [0.717, 1.165) is 24.2 Å². The second kappa shape index (κ2) is 6.28. The Morgan fingerprint density at radius 3 is 2.77 bits per heavy atom. The molecule has 2 heterocycles. The molecule has 5 nitrogen and oxygen atoms in total. The van der Waals surface area contributed by atoms with Crippen molar-refractivity contribution in [3.63, 3.8) is 0 Å². The molecular formula is C17H28N4O. The first kappa shape index (κ1) is 14.6. The topological polar surface area (TPSA) is 45.4 Å². The third kappa shape index (κ3) is 3.35. The van der Waals surface area contributed by atoms with E-state index in [9.17, 15) is 0 Å². The largest absolute Gasteiger partial charge is 0.339 e. The fourth-order valence-corrected chi connectivity index (χ4v) is 4.08. The lowest BCUT2D eigenvalue weighted by molar-refractivity contribution is 0.208. The molecule has 22 heavy (non-hydrogen) atoms. The summed E-state index contributed by atoms with van der Waals surface area (Å²) in [6.45, 7) is 4.60. The number of hydrogen-bond acceptors (Lipinski definition) is 5. The van der Waals surface area contributed by atoms with Crippen molar-refractivity contribution in [1.82, 2.24) is 19.9 Å². The van der Waals surface area contributed by atoms with Crippen molar-refractivity contribution >= 4 is 0 Å². The maximum Gasteiger partial charge on any atom is 0.229 e. The minimum atomic E-state index is 0.555. The molecule has 0 N–H and O–H groups in total. The van der Waals surface area contributed by atoms with Crippen molar-refractivity contribution in [3.8, 4) is 0 Å². The molecule has 1 atom stereocenters. The number of likely N-dealkylation sites (N-methyl/N-ethyl adjacent to an activating group) is 1. The molecule has 1 aliphatic heterocycles. The fourth-order valence-electron chi connectivity index (χ4n) is 4.08. The zero-order chi connectivity index (χ0) is 14.9. The van der Waals surface area contributed by atoms with Gasteiger partial charge in [-0.15, -0.1) is 0 Å². The summed E-state index contributed by atoms with van der Waals surface area (Å²) >= 11 is 0. The standard InChI is InChI=1S/C17H28N4O/c1-20(12-16-18-17(22-19-16)14-6-7-14)15-8-9-21(11-15)10-13-4-2-3-5-13/h13-15H,2-12H2,1H3/t15-/m0/s1. The van der Waals surface area contributed by atoms with Gasteiger partial charge in [0.15, 0.2) is 5.82 Å². The molecule has 3 aliphatic rings. The fraction of sp³-hybridized carbons (Fsp3) is 0.882. The molecule has 2 aliphatic carbocycles. The second-order valence-electron chi connectivity index (χ2n) is 7.59. The van der Waals surface area contributed by atoms with Gasteiger partial charge in [0, 0.05) is 25.0 Å². The number of rotatable bonds is 6. The Morgan fingerprint density at radius 1 is 1.18 bits per heavy atom. The maximum absolute atomic E-state index is 5.36. The van der Waals surface area contributed by atoms with E-state index in [2.05, 4.69) is 27.0 Å². The molecule has 0 radical (unpaired) electrons. The van der Waals surface area contributed by atoms with Crippen LogP contribution in [0.5, 0.6) is 0 Å². The van der Waals surface area contributed by atoms with E-state index in [1.807, 2.05) is 0 Å². The summed E-state index contributed by atoms with van der Waals surface area (Å²) in [5.74, 6) is 3.23. The highest BCUT2D eigenvalue weighted by Gasteiger charge is 2.31. The van der Waals surface area contributed by atoms with Crippen LogP contribution in [0.2, 0.25) is 0 Å². The molecule has 122 valence electrons. The summed E-state index contributed by atoms with van der Waals surface area (Å²) in [5, 5.41) is 4.15. The van der Waals surface area contributed by atoms with Crippen molar-refractivity contribution < 1.29 is 4.52 Å². The van der Waals surface area contributed by atoms with Crippen LogP contribution in [-0.2, 0) is 6.54 Å². The summed E-state index contributed by atoms with van der Waals surface area (Å²) in [6, 6.07) is 0.643. The van der Waals surface area contributed by atoms with Crippen LogP contribution < -0.4 is 0 Å². The smallest absolute Gasteiger partial charge is 0.229 e. The van der Waals surface area contributed by atoms with Gasteiger partial charge < -0.3 is 9.42 Å². The Morgan fingerprint density at radius 2 is 2.00 bits per heavy atom. The monoisotopic (exact) mass is 304 g/mol. The molecule has 4 rings (SSSR count). The molecule has 1 aromatic heterocycles. The Bertz CT molecular complexity index is 493. The van der Waals surface area contributed by atoms with Crippen LogP contribution in [0.25, 0.3) is 0 Å². The van der Waals surface area contributed by atoms with Gasteiger partial charge in [-0.05, 0) is 51.6 Å². The maximum atomic E-state index is 5.36. The molecule has 2 saturated carbocycles. The van der Waals surface area contributed by atoms with Gasteiger partial charge in [0.25, 0.3) is 0 Å². The van der Waals surface area contributed by atoms with E-state index in [1.54, 1.807) is 0 Å². The zero-order valence-electron chi connectivity index (χ0n) is 13.7. The predicted molar refractivity (Wildman–Crippen MR) is 84.5 cm³/mol. The average molecular weight is 304 g/mol. The van der Waals surface area contributed by atoms with Crippen molar-refractivity contribution in [2.75, 3.05) is 26.7 Å². The van der Waals surface area contributed by atoms with E-state index in [-0.39, 0.29) is 0 Å². The lowest BCUT2D eigenvalue weighted by Gasteiger charge is -2.24. The highest BCUT2D eigenvalue weighted by Crippen LogP contribution is 2.38. The van der Waals surface area contributed by atoms with Crippen LogP contribution >= 0.6 is 0 Å². The van der Waals surface area contributed by atoms with Crippen molar-refractivity contribution in [3.05, 3.63) is 11.7 Å². The first-order chi connectivity index (χ1) is 10.8. The van der Waals surface area contributed by atoms with E-state index in [4.69, 9.17) is 4.52 Å². The number of hydrogen-bond donors (Lipinski definition) is 0. The predicted octanol–water partition coefficient (Wildman–Crippen LogP) is 2.64. The third-order valence-corrected chi connectivity index (χ3v) is 5.66. The quantitative estimate of drug-likeness (QED) is 0.808. The van der Waals surface area contributed by atoms with E-state index in [0.29, 0.717) is 12.0 Å². The summed E-state index contributed by atoms with van der Waals surface area (Å²) in [4.78, 5) is 9.64. The minimum absolute atomic E-state index is 0.555. The normalized spacial score (nSPS) is 27.3. The highest BCUT2D eigenvalue weighted by molar-refractivity contribution is 5.01. The summed E-state index contributed by atoms with van der Waals surface area (Å²) in [6.07, 6.45) is 9.50. The van der Waals surface area contributed by atoms with Crippen molar-refractivity contribution in [1.29, 1.82) is 0 Å². The molecule has 0 aromatic carbocycles. The first-order valence-electron chi connectivity index (χ1n) is 9.03. The summed E-state index contributed by atoms with van der Waals surface area (Å²) < 4.78 is 5.36. The van der Waals surface area contributed by atoms with Gasteiger partial charge in [-0.1, -0.05) is 18.0 Å². The number of likely N-dealkylation sites (tertiary alicyclic amines) is 1. The van der Waals surface area contributed by atoms with Gasteiger partial charge in [-0.2, -0.15) is 4.98 Å². The van der Waals surface area contributed by atoms with Crippen LogP contribution in [0.1, 0.15) is 62.6 Å². The van der Waals surface area contributed by atoms with Gasteiger partial charge in [-0.25, -0.2) is 0 Å². The molecule has 0 unspecified atom stereocenters. The van der Waals surface area contributed by atoms with Crippen LogP contribution in [0.4, 0.5) is 0 Å². The van der Waals surface area contributed by atoms with Crippen molar-refractivity contribution in [2.45, 2.75) is 63.5 Å². The van der Waals surface area contributed by atoms with Crippen LogP contribution in [0, 0.1) is 5.92 Å². The van der Waals surface area contributed by atoms with Crippen LogP contribution in [0.3, 0.4) is 0 Å². The number of nitrogens with zero attached hydrogens (tertiary/aromatic N) is 4. The summed E-state index contributed by atoms with van der Waals surface area (Å²) in [7, 11) is 2.21. The van der Waals surface area contributed by atoms with Crippen LogP contribution in [0.15, 0.2) is 4.52 Å². The number of aromatic nitrogens is 2. The van der Waals surface area contributed by atoms with Gasteiger partial charge in [0.2, 0.25) is 5.89 Å². The second-order valence-corrected chi connectivity index (χ2v) is 7.59. The van der Waals surface area contributed by atoms with E-state index < -0.39 is 0 Å². The first-order valence-corrected chi connectivity index (χ1v) is 9.03. The highest BCUT2D eigenvalue weighted by atomic mass is 16.5. The van der Waals surface area contributed by atoms with E-state index >= 15 is 0 Å². The van der Waals surface area contributed by atoms with E-state index in [1.165, 1.54) is 64.6 Å². The molecular weight excluding hydrogens is 276 g/mol. The Kier molecular flexibility index (Phi) is 4.18. The molecule has 0 spiro atoms. The Balaban J connectivity index is 1.26. The molecule has 0 amide bonds. The van der Waals surface area contributed by atoms with Gasteiger partial charge in [-0.3, -0.25) is 4.90 Å². The van der Waals surface area contributed by atoms with Crippen LogP contribution in [-0.4, -0.2) is 52.7 Å². The molecule has 1 saturated heterocycles. The lowest BCUT2D eigenvalue weighted by Crippen LogP contribution is -2.35. The molecule has 3 fully saturated rings. The zero-order valence-corrected chi connectivity index (χ0v) is 13.7. The van der Waals surface area contributed by atoms with Crippen molar-refractivity contribution in [2.24, 2.45) is 5.92 Å². The third-order valence-electron chi connectivity index (χ3n) is 5.66. The van der Waals surface area contributed by atoms with Gasteiger partial charge >= 0.3 is 0 Å². The van der Waals surface area contributed by atoms with Gasteiger partial charge in [0.05, 0.1) is 6.54 Å².